The van der Waals surface area contributed by atoms with Gasteiger partial charge in [-0.1, -0.05) is 228 Å². The van der Waals surface area contributed by atoms with Crippen molar-refractivity contribution in [1.29, 1.82) is 0 Å². The Bertz CT molecular complexity index is 1380. The molecule has 2 unspecified atom stereocenters. The fourth-order valence-corrected chi connectivity index (χ4v) is 8.23. The van der Waals surface area contributed by atoms with E-state index in [2.05, 4.69) is 86.8 Å². The zero-order valence-corrected chi connectivity index (χ0v) is 45.5. The summed E-state index contributed by atoms with van der Waals surface area (Å²) in [7, 11) is 1.48. The molecule has 0 amide bonds. The SMILES string of the molecule is CC/C=C\C/C=C\C/C=C\C/C=C\C/C=C\C/C=C\CCCCCCCCCCCCCCCCCCC(=O)OC(COC(=O)CCCCCCCCCCC)COP(=O)(O)OCC[N+](C)(C)C. The monoisotopic (exact) mass is 975 g/mol. The summed E-state index contributed by atoms with van der Waals surface area (Å²) in [5.74, 6) is -0.797. The highest BCUT2D eigenvalue weighted by molar-refractivity contribution is 7.47. The van der Waals surface area contributed by atoms with Crippen LogP contribution in [-0.2, 0) is 32.7 Å². The Morgan fingerprint density at radius 1 is 0.471 bits per heavy atom. The average Bonchev–Trinajstić information content (AvgIpc) is 3.30. The second-order valence-corrected chi connectivity index (χ2v) is 21.0. The smallest absolute Gasteiger partial charge is 0.462 e. The summed E-state index contributed by atoms with van der Waals surface area (Å²) in [6.45, 7) is 4.30. The minimum absolute atomic E-state index is 0.0317. The lowest BCUT2D eigenvalue weighted by Gasteiger charge is -2.24. The van der Waals surface area contributed by atoms with E-state index >= 15 is 0 Å². The molecule has 0 aromatic carbocycles. The molecule has 68 heavy (non-hydrogen) atoms. The van der Waals surface area contributed by atoms with Crippen LogP contribution in [0.3, 0.4) is 0 Å². The second-order valence-electron chi connectivity index (χ2n) is 19.6. The van der Waals surface area contributed by atoms with Crippen LogP contribution in [0.15, 0.2) is 72.9 Å². The molecule has 0 aromatic heterocycles. The van der Waals surface area contributed by atoms with Crippen molar-refractivity contribution in [2.24, 2.45) is 0 Å². The molecule has 0 aromatic rings. The van der Waals surface area contributed by atoms with E-state index in [9.17, 15) is 19.0 Å². The summed E-state index contributed by atoms with van der Waals surface area (Å²) in [4.78, 5) is 35.4. The first-order valence-electron chi connectivity index (χ1n) is 27.7. The maximum Gasteiger partial charge on any atom is 0.472 e. The van der Waals surface area contributed by atoms with Gasteiger partial charge in [-0.2, -0.15) is 0 Å². The van der Waals surface area contributed by atoms with Crippen LogP contribution in [-0.4, -0.2) is 74.9 Å². The molecule has 0 saturated heterocycles. The van der Waals surface area contributed by atoms with Gasteiger partial charge < -0.3 is 18.9 Å². The van der Waals surface area contributed by atoms with Crippen LogP contribution in [0, 0.1) is 0 Å². The molecule has 10 heteroatoms. The Labute approximate surface area is 418 Å². The molecule has 0 fully saturated rings. The van der Waals surface area contributed by atoms with Crippen molar-refractivity contribution in [3.8, 4) is 0 Å². The van der Waals surface area contributed by atoms with E-state index in [-0.39, 0.29) is 32.0 Å². The van der Waals surface area contributed by atoms with Crippen LogP contribution in [0.2, 0.25) is 0 Å². The van der Waals surface area contributed by atoms with E-state index in [1.54, 1.807) is 0 Å². The standard InChI is InChI=1S/C58H104NO8P/c1-6-8-10-12-14-16-17-18-19-20-21-22-23-24-25-26-27-28-29-30-31-32-33-34-35-36-37-38-39-40-41-43-45-47-49-51-58(61)67-56(55-66-68(62,63)65-53-52-59(3,4)5)54-64-57(60)50-48-46-44-42-15-13-11-9-7-2/h8,10,14,16,18-19,21-22,24-25,27-28,56H,6-7,9,11-13,15,17,20,23,26,29-55H2,1-5H3/p+1/b10-8-,16-14-,19-18-,22-21-,25-24-,28-27-. The molecular formula is C58H105NO8P+. The van der Waals surface area contributed by atoms with E-state index in [1.807, 2.05) is 21.1 Å². The fraction of sp³-hybridized carbons (Fsp3) is 0.759. The largest absolute Gasteiger partial charge is 0.472 e. The molecule has 0 radical (unpaired) electrons. The van der Waals surface area contributed by atoms with Gasteiger partial charge in [0.05, 0.1) is 27.7 Å². The van der Waals surface area contributed by atoms with Crippen LogP contribution < -0.4 is 0 Å². The van der Waals surface area contributed by atoms with Crippen LogP contribution >= 0.6 is 7.82 Å². The van der Waals surface area contributed by atoms with E-state index in [4.69, 9.17) is 18.5 Å². The van der Waals surface area contributed by atoms with E-state index in [0.717, 1.165) is 70.6 Å². The van der Waals surface area contributed by atoms with Crippen molar-refractivity contribution in [1.82, 2.24) is 0 Å². The summed E-state index contributed by atoms with van der Waals surface area (Å²) >= 11 is 0. The molecule has 0 bridgehead atoms. The Morgan fingerprint density at radius 2 is 0.838 bits per heavy atom. The molecule has 0 aliphatic carbocycles. The van der Waals surface area contributed by atoms with E-state index < -0.39 is 26.5 Å². The Kier molecular flexibility index (Phi) is 47.6. The molecule has 9 nitrogen and oxygen atoms in total. The summed E-state index contributed by atoms with van der Waals surface area (Å²) in [6.07, 6.45) is 64.2. The summed E-state index contributed by atoms with van der Waals surface area (Å²) in [6, 6.07) is 0. The van der Waals surface area contributed by atoms with E-state index in [1.165, 1.54) is 128 Å². The number of ether oxygens (including phenoxy) is 2. The Morgan fingerprint density at radius 3 is 1.25 bits per heavy atom. The molecule has 0 rings (SSSR count). The van der Waals surface area contributed by atoms with Crippen molar-refractivity contribution in [2.45, 2.75) is 238 Å². The minimum Gasteiger partial charge on any atom is -0.462 e. The number of likely N-dealkylation sites (N-methyl/N-ethyl adjacent to an activating group) is 1. The molecule has 0 spiro atoms. The number of rotatable bonds is 50. The molecule has 0 saturated carbocycles. The first-order chi connectivity index (χ1) is 33.0. The normalized spacial score (nSPS) is 13.9. The van der Waals surface area contributed by atoms with Gasteiger partial charge in [-0.25, -0.2) is 4.57 Å². The lowest BCUT2D eigenvalue weighted by atomic mass is 10.0. The van der Waals surface area contributed by atoms with E-state index in [0.29, 0.717) is 17.4 Å². The number of esters is 2. The van der Waals surface area contributed by atoms with Gasteiger partial charge in [0.25, 0.3) is 0 Å². The highest BCUT2D eigenvalue weighted by Crippen LogP contribution is 2.43. The number of hydrogen-bond acceptors (Lipinski definition) is 7. The third kappa shape index (κ3) is 52.8. The van der Waals surface area contributed by atoms with Gasteiger partial charge in [0.15, 0.2) is 6.10 Å². The van der Waals surface area contributed by atoms with Gasteiger partial charge in [-0.15, -0.1) is 0 Å². The Balaban J connectivity index is 3.97. The molecule has 0 aliphatic heterocycles. The number of carbonyl (C=O) groups excluding carboxylic acids is 2. The third-order valence-electron chi connectivity index (χ3n) is 11.8. The number of allylic oxidation sites excluding steroid dienone is 12. The first-order valence-corrected chi connectivity index (χ1v) is 29.2. The summed E-state index contributed by atoms with van der Waals surface area (Å²) in [5.41, 5.74) is 0. The highest BCUT2D eigenvalue weighted by atomic mass is 31.2. The Hall–Kier alpha value is -2.55. The van der Waals surface area contributed by atoms with Crippen LogP contribution in [0.1, 0.15) is 232 Å². The summed E-state index contributed by atoms with van der Waals surface area (Å²) < 4.78 is 34.4. The minimum atomic E-state index is -4.38. The molecule has 0 heterocycles. The lowest BCUT2D eigenvalue weighted by Crippen LogP contribution is -2.37. The zero-order valence-electron chi connectivity index (χ0n) is 44.6. The van der Waals surface area contributed by atoms with Gasteiger partial charge in [0.1, 0.15) is 19.8 Å². The lowest BCUT2D eigenvalue weighted by molar-refractivity contribution is -0.870. The number of carbonyl (C=O) groups is 2. The van der Waals surface area contributed by atoms with Crippen LogP contribution in [0.5, 0.6) is 0 Å². The predicted molar refractivity (Wildman–Crippen MR) is 289 cm³/mol. The maximum absolute atomic E-state index is 12.7. The van der Waals surface area contributed by atoms with Crippen molar-refractivity contribution in [2.75, 3.05) is 47.5 Å². The van der Waals surface area contributed by atoms with Gasteiger partial charge in [-0.3, -0.25) is 18.6 Å². The van der Waals surface area contributed by atoms with Crippen LogP contribution in [0.25, 0.3) is 0 Å². The van der Waals surface area contributed by atoms with Crippen molar-refractivity contribution in [3.63, 3.8) is 0 Å². The van der Waals surface area contributed by atoms with Gasteiger partial charge in [0.2, 0.25) is 0 Å². The predicted octanol–water partition coefficient (Wildman–Crippen LogP) is 16.9. The third-order valence-corrected chi connectivity index (χ3v) is 12.7. The number of phosphoric ester groups is 1. The van der Waals surface area contributed by atoms with Gasteiger partial charge in [-0.05, 0) is 64.2 Å². The zero-order chi connectivity index (χ0) is 49.9. The maximum atomic E-state index is 12.7. The molecule has 1 N–H and O–H groups in total. The first kappa shape index (κ1) is 65.5. The number of quaternary nitrogens is 1. The summed E-state index contributed by atoms with van der Waals surface area (Å²) in [5, 5.41) is 0. The van der Waals surface area contributed by atoms with Crippen molar-refractivity contribution in [3.05, 3.63) is 72.9 Å². The number of unbranched alkanes of at least 4 members (excludes halogenated alkanes) is 24. The van der Waals surface area contributed by atoms with Crippen LogP contribution in [0.4, 0.5) is 0 Å². The van der Waals surface area contributed by atoms with Gasteiger partial charge in [0, 0.05) is 12.8 Å². The van der Waals surface area contributed by atoms with Crippen molar-refractivity contribution >= 4 is 19.8 Å². The topological polar surface area (TPSA) is 108 Å². The number of nitrogens with zero attached hydrogens (tertiary/aromatic N) is 1. The quantitative estimate of drug-likeness (QED) is 0.0211. The number of phosphoric acid groups is 1. The average molecular weight is 975 g/mol. The molecule has 0 aliphatic rings. The molecule has 394 valence electrons. The fourth-order valence-electron chi connectivity index (χ4n) is 7.49. The molecule has 2 atom stereocenters. The molecular weight excluding hydrogens is 870 g/mol. The van der Waals surface area contributed by atoms with Crippen molar-refractivity contribution < 1.29 is 42.1 Å². The van der Waals surface area contributed by atoms with Gasteiger partial charge >= 0.3 is 19.8 Å². The number of hydrogen-bond donors (Lipinski definition) is 1. The second kappa shape index (κ2) is 49.4. The highest BCUT2D eigenvalue weighted by Gasteiger charge is 2.27.